The Balaban J connectivity index is 2.56. The highest BCUT2D eigenvalue weighted by Crippen LogP contribution is 2.16. The van der Waals surface area contributed by atoms with Crippen molar-refractivity contribution in [3.8, 4) is 0 Å². The highest BCUT2D eigenvalue weighted by molar-refractivity contribution is 7.89. The highest BCUT2D eigenvalue weighted by atomic mass is 32.2. The number of nitrogens with one attached hydrogen (secondary N) is 1. The fourth-order valence-electron chi connectivity index (χ4n) is 2.20. The quantitative estimate of drug-likeness (QED) is 0.680. The molecule has 0 radical (unpaired) electrons. The minimum absolute atomic E-state index is 0.106. The number of nitrogens with zero attached hydrogens (tertiary/aromatic N) is 1. The molecule has 1 aliphatic rings. The van der Waals surface area contributed by atoms with Crippen LogP contribution in [-0.4, -0.2) is 56.4 Å². The Hall–Kier alpha value is -0.170. The lowest BCUT2D eigenvalue weighted by Crippen LogP contribution is -2.40. The van der Waals surface area contributed by atoms with Crippen molar-refractivity contribution in [1.29, 1.82) is 0 Å². The van der Waals surface area contributed by atoms with Gasteiger partial charge in [0.25, 0.3) is 0 Å². The van der Waals surface area contributed by atoms with E-state index in [0.717, 1.165) is 32.4 Å². The SMILES string of the molecule is CCCN(CCO)S(=O)(=O)CC1CCNCC1. The lowest BCUT2D eigenvalue weighted by Gasteiger charge is -2.26. The van der Waals surface area contributed by atoms with E-state index in [0.29, 0.717) is 6.54 Å². The second kappa shape index (κ2) is 7.31. The molecule has 17 heavy (non-hydrogen) atoms. The van der Waals surface area contributed by atoms with Crippen molar-refractivity contribution in [2.75, 3.05) is 38.5 Å². The summed E-state index contributed by atoms with van der Waals surface area (Å²) in [5, 5.41) is 12.1. The van der Waals surface area contributed by atoms with Crippen LogP contribution in [0, 0.1) is 5.92 Å². The summed E-state index contributed by atoms with van der Waals surface area (Å²) in [4.78, 5) is 0. The largest absolute Gasteiger partial charge is 0.395 e. The molecule has 0 aromatic carbocycles. The van der Waals surface area contributed by atoms with Crippen molar-refractivity contribution in [2.24, 2.45) is 5.92 Å². The number of sulfonamides is 1. The molecule has 2 N–H and O–H groups in total. The van der Waals surface area contributed by atoms with Crippen LogP contribution in [-0.2, 0) is 10.0 Å². The van der Waals surface area contributed by atoms with E-state index in [1.54, 1.807) is 0 Å². The highest BCUT2D eigenvalue weighted by Gasteiger charge is 2.26. The molecule has 0 unspecified atom stereocenters. The molecule has 1 fully saturated rings. The third-order valence-corrected chi connectivity index (χ3v) is 5.17. The van der Waals surface area contributed by atoms with Crippen LogP contribution in [0.25, 0.3) is 0 Å². The lowest BCUT2D eigenvalue weighted by atomic mass is 10.0. The van der Waals surface area contributed by atoms with Crippen LogP contribution in [0.3, 0.4) is 0 Å². The van der Waals surface area contributed by atoms with Gasteiger partial charge in [0.05, 0.1) is 12.4 Å². The van der Waals surface area contributed by atoms with Crippen LogP contribution < -0.4 is 5.32 Å². The van der Waals surface area contributed by atoms with Gasteiger partial charge in [0, 0.05) is 13.1 Å². The van der Waals surface area contributed by atoms with E-state index in [-0.39, 0.29) is 24.8 Å². The van der Waals surface area contributed by atoms with Gasteiger partial charge < -0.3 is 10.4 Å². The zero-order valence-electron chi connectivity index (χ0n) is 10.6. The number of aliphatic hydroxyl groups excluding tert-OH is 1. The Labute approximate surface area is 104 Å². The van der Waals surface area contributed by atoms with Crippen molar-refractivity contribution in [2.45, 2.75) is 26.2 Å². The molecule has 0 spiro atoms. The summed E-state index contributed by atoms with van der Waals surface area (Å²) in [6, 6.07) is 0. The first-order valence-corrected chi connectivity index (χ1v) is 8.00. The molecule has 0 atom stereocenters. The molecule has 0 aliphatic carbocycles. The zero-order valence-corrected chi connectivity index (χ0v) is 11.4. The maximum atomic E-state index is 12.2. The Bertz CT molecular complexity index is 294. The molecule has 1 heterocycles. The van der Waals surface area contributed by atoms with Crippen LogP contribution in [0.1, 0.15) is 26.2 Å². The van der Waals surface area contributed by atoms with Crippen LogP contribution in [0.5, 0.6) is 0 Å². The molecule has 1 rings (SSSR count). The smallest absolute Gasteiger partial charge is 0.214 e. The Morgan fingerprint density at radius 1 is 1.29 bits per heavy atom. The number of piperidine rings is 1. The van der Waals surface area contributed by atoms with Crippen LogP contribution in [0.2, 0.25) is 0 Å². The van der Waals surface area contributed by atoms with Gasteiger partial charge in [-0.15, -0.1) is 0 Å². The molecule has 0 aromatic rings. The summed E-state index contributed by atoms with van der Waals surface area (Å²) in [6.45, 7) is 4.40. The first-order valence-electron chi connectivity index (χ1n) is 6.39. The van der Waals surface area contributed by atoms with Crippen LogP contribution in [0.15, 0.2) is 0 Å². The fourth-order valence-corrected chi connectivity index (χ4v) is 4.16. The minimum Gasteiger partial charge on any atom is -0.395 e. The first kappa shape index (κ1) is 14.9. The summed E-state index contributed by atoms with van der Waals surface area (Å²) in [7, 11) is -3.20. The number of hydrogen-bond donors (Lipinski definition) is 2. The van der Waals surface area contributed by atoms with E-state index in [1.807, 2.05) is 6.92 Å². The predicted molar refractivity (Wildman–Crippen MR) is 68.3 cm³/mol. The maximum Gasteiger partial charge on any atom is 0.214 e. The summed E-state index contributed by atoms with van der Waals surface area (Å²) in [5.41, 5.74) is 0. The van der Waals surface area contributed by atoms with E-state index in [2.05, 4.69) is 5.32 Å². The maximum absolute atomic E-state index is 12.2. The molecule has 0 aromatic heterocycles. The van der Waals surface area contributed by atoms with Crippen LogP contribution in [0.4, 0.5) is 0 Å². The third kappa shape index (κ3) is 4.91. The normalized spacial score (nSPS) is 18.8. The monoisotopic (exact) mass is 264 g/mol. The number of rotatable bonds is 7. The van der Waals surface area contributed by atoms with Crippen molar-refractivity contribution in [1.82, 2.24) is 9.62 Å². The third-order valence-electron chi connectivity index (χ3n) is 3.12. The fraction of sp³-hybridized carbons (Fsp3) is 1.00. The average molecular weight is 264 g/mol. The van der Waals surface area contributed by atoms with Gasteiger partial charge in [0.2, 0.25) is 10.0 Å². The first-order chi connectivity index (χ1) is 8.10. The van der Waals surface area contributed by atoms with E-state index in [4.69, 9.17) is 5.11 Å². The van der Waals surface area contributed by atoms with Gasteiger partial charge in [-0.2, -0.15) is 4.31 Å². The van der Waals surface area contributed by atoms with Gasteiger partial charge in [0.1, 0.15) is 0 Å². The Morgan fingerprint density at radius 2 is 1.94 bits per heavy atom. The lowest BCUT2D eigenvalue weighted by molar-refractivity contribution is 0.252. The number of hydrogen-bond acceptors (Lipinski definition) is 4. The Kier molecular flexibility index (Phi) is 6.40. The molecule has 0 amide bonds. The van der Waals surface area contributed by atoms with E-state index in [1.165, 1.54) is 4.31 Å². The standard InChI is InChI=1S/C11H24N2O3S/c1-2-7-13(8-9-14)17(15,16)10-11-3-5-12-6-4-11/h11-12,14H,2-10H2,1H3. The molecular formula is C11H24N2O3S. The zero-order chi connectivity index (χ0) is 12.7. The predicted octanol–water partition coefficient (Wildman–Crippen LogP) is 0.0201. The average Bonchev–Trinajstić information content (AvgIpc) is 2.29. The van der Waals surface area contributed by atoms with Gasteiger partial charge in [0.15, 0.2) is 0 Å². The molecule has 0 saturated carbocycles. The van der Waals surface area contributed by atoms with Crippen molar-refractivity contribution in [3.63, 3.8) is 0 Å². The van der Waals surface area contributed by atoms with E-state index >= 15 is 0 Å². The van der Waals surface area contributed by atoms with Gasteiger partial charge in [-0.3, -0.25) is 0 Å². The second-order valence-electron chi connectivity index (χ2n) is 4.59. The van der Waals surface area contributed by atoms with Crippen LogP contribution >= 0.6 is 0 Å². The van der Waals surface area contributed by atoms with E-state index in [9.17, 15) is 8.42 Å². The Morgan fingerprint density at radius 3 is 2.47 bits per heavy atom. The molecule has 1 saturated heterocycles. The van der Waals surface area contributed by atoms with Gasteiger partial charge in [-0.1, -0.05) is 6.92 Å². The number of aliphatic hydroxyl groups is 1. The van der Waals surface area contributed by atoms with Crippen molar-refractivity contribution >= 4 is 10.0 Å². The van der Waals surface area contributed by atoms with Crippen molar-refractivity contribution in [3.05, 3.63) is 0 Å². The van der Waals surface area contributed by atoms with Gasteiger partial charge in [-0.25, -0.2) is 8.42 Å². The van der Waals surface area contributed by atoms with Gasteiger partial charge in [-0.05, 0) is 38.3 Å². The summed E-state index contributed by atoms with van der Waals surface area (Å²) < 4.78 is 25.8. The topological polar surface area (TPSA) is 69.6 Å². The molecular weight excluding hydrogens is 240 g/mol. The molecule has 6 heteroatoms. The molecule has 5 nitrogen and oxygen atoms in total. The molecule has 1 aliphatic heterocycles. The summed E-state index contributed by atoms with van der Waals surface area (Å²) >= 11 is 0. The summed E-state index contributed by atoms with van der Waals surface area (Å²) in [5.74, 6) is 0.494. The molecule has 0 bridgehead atoms. The minimum atomic E-state index is -3.20. The van der Waals surface area contributed by atoms with Crippen molar-refractivity contribution < 1.29 is 13.5 Å². The second-order valence-corrected chi connectivity index (χ2v) is 6.61. The molecule has 102 valence electrons. The summed E-state index contributed by atoms with van der Waals surface area (Å²) in [6.07, 6.45) is 2.64. The van der Waals surface area contributed by atoms with Gasteiger partial charge >= 0.3 is 0 Å². The van der Waals surface area contributed by atoms with E-state index < -0.39 is 10.0 Å².